The number of nitrogens with one attached hydrogen (secondary N) is 1. The fraction of sp³-hybridized carbons (Fsp3) is 1.00. The molecule has 0 amide bonds. The van der Waals surface area contributed by atoms with Gasteiger partial charge in [0.2, 0.25) is 0 Å². The van der Waals surface area contributed by atoms with Crippen LogP contribution in [0.25, 0.3) is 0 Å². The van der Waals surface area contributed by atoms with Crippen molar-refractivity contribution in [3.63, 3.8) is 0 Å². The average Bonchev–Trinajstić information content (AvgIpc) is 2.78. The first-order valence-electron chi connectivity index (χ1n) is 8.31. The van der Waals surface area contributed by atoms with Crippen LogP contribution in [0.4, 0.5) is 0 Å². The molecule has 19 heavy (non-hydrogen) atoms. The van der Waals surface area contributed by atoms with E-state index in [1.807, 2.05) is 0 Å². The summed E-state index contributed by atoms with van der Waals surface area (Å²) in [7, 11) is 0. The van der Waals surface area contributed by atoms with Gasteiger partial charge in [-0.25, -0.2) is 0 Å². The molecule has 0 aromatic rings. The maximum absolute atomic E-state index is 3.59. The summed E-state index contributed by atoms with van der Waals surface area (Å²) in [6, 6.07) is 0.752. The average molecular weight is 268 g/mol. The molecule has 114 valence electrons. The van der Waals surface area contributed by atoms with Crippen molar-refractivity contribution < 1.29 is 0 Å². The highest BCUT2D eigenvalue weighted by Gasteiger charge is 2.36. The maximum Gasteiger partial charge on any atom is 0.00965 e. The Morgan fingerprint density at radius 2 is 1.84 bits per heavy atom. The fourth-order valence-electron chi connectivity index (χ4n) is 3.22. The predicted octanol–water partition coefficient (Wildman–Crippen LogP) is 4.06. The molecule has 0 aromatic heterocycles. The Balaban J connectivity index is 2.26. The van der Waals surface area contributed by atoms with E-state index in [0.717, 1.165) is 12.6 Å². The van der Waals surface area contributed by atoms with Gasteiger partial charge in [-0.05, 0) is 78.3 Å². The summed E-state index contributed by atoms with van der Waals surface area (Å²) in [5, 5.41) is 3.59. The number of hydrogen-bond acceptors (Lipinski definition) is 2. The van der Waals surface area contributed by atoms with Crippen LogP contribution in [0, 0.1) is 5.41 Å². The van der Waals surface area contributed by atoms with Crippen LogP contribution in [0.3, 0.4) is 0 Å². The Hall–Kier alpha value is -0.0800. The van der Waals surface area contributed by atoms with Crippen molar-refractivity contribution in [3.05, 3.63) is 0 Å². The highest BCUT2D eigenvalue weighted by atomic mass is 15.2. The molecule has 1 atom stereocenters. The van der Waals surface area contributed by atoms with Gasteiger partial charge in [0, 0.05) is 18.1 Å². The number of likely N-dealkylation sites (tertiary alicyclic amines) is 1. The SMILES string of the molecule is CCC1(CC)CCN(C(C)CCCNC(C)(C)C)C1. The molecule has 1 rings (SSSR count). The van der Waals surface area contributed by atoms with Crippen molar-refractivity contribution in [2.24, 2.45) is 5.41 Å². The minimum Gasteiger partial charge on any atom is -0.312 e. The topological polar surface area (TPSA) is 15.3 Å². The lowest BCUT2D eigenvalue weighted by atomic mass is 9.82. The molecule has 1 saturated heterocycles. The minimum atomic E-state index is 0.260. The lowest BCUT2D eigenvalue weighted by Crippen LogP contribution is -2.38. The molecule has 2 nitrogen and oxygen atoms in total. The first kappa shape index (κ1) is 17.0. The first-order valence-corrected chi connectivity index (χ1v) is 8.31. The molecule has 1 heterocycles. The van der Waals surface area contributed by atoms with Gasteiger partial charge >= 0.3 is 0 Å². The van der Waals surface area contributed by atoms with Crippen molar-refractivity contribution in [2.75, 3.05) is 19.6 Å². The number of nitrogens with zero attached hydrogens (tertiary/aromatic N) is 1. The Labute approximate surface area is 121 Å². The molecule has 1 unspecified atom stereocenters. The molecule has 0 radical (unpaired) electrons. The highest BCUT2D eigenvalue weighted by Crippen LogP contribution is 2.38. The summed E-state index contributed by atoms with van der Waals surface area (Å²) in [6.07, 6.45) is 6.72. The standard InChI is InChI=1S/C17H36N2/c1-7-17(8-2)11-13-19(14-17)15(3)10-9-12-18-16(4,5)6/h15,18H,7-14H2,1-6H3. The molecular formula is C17H36N2. The lowest BCUT2D eigenvalue weighted by Gasteiger charge is -2.30. The third-order valence-corrected chi connectivity index (χ3v) is 5.05. The van der Waals surface area contributed by atoms with E-state index in [4.69, 9.17) is 0 Å². The third kappa shape index (κ3) is 5.43. The van der Waals surface area contributed by atoms with Crippen molar-refractivity contribution >= 4 is 0 Å². The van der Waals surface area contributed by atoms with E-state index in [9.17, 15) is 0 Å². The van der Waals surface area contributed by atoms with Crippen LogP contribution >= 0.6 is 0 Å². The van der Waals surface area contributed by atoms with Gasteiger partial charge < -0.3 is 10.2 Å². The Kier molecular flexibility index (Phi) is 6.32. The fourth-order valence-corrected chi connectivity index (χ4v) is 3.22. The first-order chi connectivity index (χ1) is 8.82. The van der Waals surface area contributed by atoms with Gasteiger partial charge in [0.05, 0.1) is 0 Å². The van der Waals surface area contributed by atoms with Gasteiger partial charge in [-0.3, -0.25) is 0 Å². The van der Waals surface area contributed by atoms with Crippen LogP contribution in [0.1, 0.15) is 73.6 Å². The van der Waals surface area contributed by atoms with Crippen LogP contribution in [0.5, 0.6) is 0 Å². The maximum atomic E-state index is 3.59. The second-order valence-corrected chi connectivity index (χ2v) is 7.60. The molecule has 0 aromatic carbocycles. The largest absolute Gasteiger partial charge is 0.312 e. The van der Waals surface area contributed by atoms with Crippen LogP contribution in [0.2, 0.25) is 0 Å². The van der Waals surface area contributed by atoms with Gasteiger partial charge in [-0.1, -0.05) is 13.8 Å². The number of rotatable bonds is 7. The van der Waals surface area contributed by atoms with E-state index in [1.165, 1.54) is 45.2 Å². The van der Waals surface area contributed by atoms with Gasteiger partial charge in [0.1, 0.15) is 0 Å². The van der Waals surface area contributed by atoms with E-state index < -0.39 is 0 Å². The van der Waals surface area contributed by atoms with Gasteiger partial charge in [-0.2, -0.15) is 0 Å². The van der Waals surface area contributed by atoms with E-state index in [0.29, 0.717) is 5.41 Å². The molecule has 1 aliphatic rings. The molecule has 1 aliphatic heterocycles. The summed E-state index contributed by atoms with van der Waals surface area (Å²) in [4.78, 5) is 2.73. The predicted molar refractivity (Wildman–Crippen MR) is 85.7 cm³/mol. The molecule has 1 fully saturated rings. The van der Waals surface area contributed by atoms with Crippen LogP contribution in [-0.2, 0) is 0 Å². The van der Waals surface area contributed by atoms with Crippen molar-refractivity contribution in [1.82, 2.24) is 10.2 Å². The molecule has 2 heteroatoms. The molecule has 1 N–H and O–H groups in total. The Morgan fingerprint density at radius 1 is 1.21 bits per heavy atom. The molecular weight excluding hydrogens is 232 g/mol. The summed E-state index contributed by atoms with van der Waals surface area (Å²) in [5.41, 5.74) is 0.883. The van der Waals surface area contributed by atoms with Crippen LogP contribution in [-0.4, -0.2) is 36.1 Å². The second-order valence-electron chi connectivity index (χ2n) is 7.60. The quantitative estimate of drug-likeness (QED) is 0.701. The molecule has 0 spiro atoms. The van der Waals surface area contributed by atoms with Gasteiger partial charge in [0.25, 0.3) is 0 Å². The van der Waals surface area contributed by atoms with Gasteiger partial charge in [-0.15, -0.1) is 0 Å². The Bertz CT molecular complexity index is 250. The zero-order chi connectivity index (χ0) is 14.5. The summed E-state index contributed by atoms with van der Waals surface area (Å²) >= 11 is 0. The minimum absolute atomic E-state index is 0.260. The summed E-state index contributed by atoms with van der Waals surface area (Å²) < 4.78 is 0. The Morgan fingerprint density at radius 3 is 2.32 bits per heavy atom. The molecule has 0 aliphatic carbocycles. The van der Waals surface area contributed by atoms with Crippen LogP contribution in [0.15, 0.2) is 0 Å². The van der Waals surface area contributed by atoms with Crippen molar-refractivity contribution in [3.8, 4) is 0 Å². The van der Waals surface area contributed by atoms with Gasteiger partial charge in [0.15, 0.2) is 0 Å². The van der Waals surface area contributed by atoms with Crippen molar-refractivity contribution in [1.29, 1.82) is 0 Å². The van der Waals surface area contributed by atoms with Crippen LogP contribution < -0.4 is 5.32 Å². The lowest BCUT2D eigenvalue weighted by molar-refractivity contribution is 0.193. The van der Waals surface area contributed by atoms with Crippen molar-refractivity contribution in [2.45, 2.75) is 85.2 Å². The van der Waals surface area contributed by atoms with E-state index in [2.05, 4.69) is 51.8 Å². The second kappa shape index (κ2) is 7.08. The van der Waals surface area contributed by atoms with E-state index >= 15 is 0 Å². The molecule has 0 bridgehead atoms. The monoisotopic (exact) mass is 268 g/mol. The summed E-state index contributed by atoms with van der Waals surface area (Å²) in [5.74, 6) is 0. The zero-order valence-corrected chi connectivity index (χ0v) is 14.2. The molecule has 0 saturated carbocycles. The smallest absolute Gasteiger partial charge is 0.00965 e. The van der Waals surface area contributed by atoms with E-state index in [1.54, 1.807) is 0 Å². The highest BCUT2D eigenvalue weighted by molar-refractivity contribution is 4.89. The third-order valence-electron chi connectivity index (χ3n) is 5.05. The summed E-state index contributed by atoms with van der Waals surface area (Å²) in [6.45, 7) is 17.7. The normalized spacial score (nSPS) is 21.8. The van der Waals surface area contributed by atoms with E-state index in [-0.39, 0.29) is 5.54 Å². The number of hydrogen-bond donors (Lipinski definition) is 1. The zero-order valence-electron chi connectivity index (χ0n) is 14.2.